The van der Waals surface area contributed by atoms with E-state index < -0.39 is 0 Å². The van der Waals surface area contributed by atoms with Crippen LogP contribution in [0.15, 0.2) is 18.2 Å². The van der Waals surface area contributed by atoms with Crippen molar-refractivity contribution in [2.45, 2.75) is 18.9 Å². The molecule has 1 atom stereocenters. The number of hydrogen-bond acceptors (Lipinski definition) is 5. The molecule has 5 heteroatoms. The highest BCUT2D eigenvalue weighted by Gasteiger charge is 2.15. The summed E-state index contributed by atoms with van der Waals surface area (Å²) in [5.74, 6) is 1.58. The van der Waals surface area contributed by atoms with Gasteiger partial charge >= 0.3 is 0 Å². The third kappa shape index (κ3) is 4.70. The molecule has 0 saturated heterocycles. The molecule has 19 heavy (non-hydrogen) atoms. The second-order valence-electron chi connectivity index (χ2n) is 4.28. The molecular weight excluding hydrogens is 244 g/mol. The summed E-state index contributed by atoms with van der Waals surface area (Å²) in [5, 5.41) is 12.1. The highest BCUT2D eigenvalue weighted by atomic mass is 16.5. The fraction of sp³-hybridized carbons (Fsp3) is 0.571. The molecule has 1 unspecified atom stereocenters. The average Bonchev–Trinajstić information content (AvgIpc) is 2.47. The summed E-state index contributed by atoms with van der Waals surface area (Å²) in [5.41, 5.74) is 6.82. The lowest BCUT2D eigenvalue weighted by molar-refractivity contribution is 0.282. The van der Waals surface area contributed by atoms with Crippen LogP contribution in [-0.2, 0) is 0 Å². The lowest BCUT2D eigenvalue weighted by Crippen LogP contribution is -2.29. The van der Waals surface area contributed by atoms with Gasteiger partial charge in [-0.2, -0.15) is 0 Å². The molecule has 0 spiro atoms. The van der Waals surface area contributed by atoms with Crippen LogP contribution in [0.3, 0.4) is 0 Å². The lowest BCUT2D eigenvalue weighted by atomic mass is 10.0. The first-order chi connectivity index (χ1) is 9.26. The molecule has 5 nitrogen and oxygen atoms in total. The van der Waals surface area contributed by atoms with E-state index in [9.17, 15) is 0 Å². The van der Waals surface area contributed by atoms with Crippen molar-refractivity contribution in [3.8, 4) is 11.5 Å². The number of unbranched alkanes of at least 4 members (excludes halogenated alkanes) is 1. The lowest BCUT2D eigenvalue weighted by Gasteiger charge is -2.20. The van der Waals surface area contributed by atoms with Gasteiger partial charge < -0.3 is 25.6 Å². The van der Waals surface area contributed by atoms with Gasteiger partial charge in [0.2, 0.25) is 0 Å². The van der Waals surface area contributed by atoms with Crippen molar-refractivity contribution in [3.05, 3.63) is 23.8 Å². The fourth-order valence-corrected chi connectivity index (χ4v) is 1.95. The third-order valence-electron chi connectivity index (χ3n) is 3.02. The monoisotopic (exact) mass is 268 g/mol. The van der Waals surface area contributed by atoms with E-state index in [0.29, 0.717) is 6.54 Å². The van der Waals surface area contributed by atoms with E-state index >= 15 is 0 Å². The van der Waals surface area contributed by atoms with Crippen molar-refractivity contribution < 1.29 is 14.6 Å². The van der Waals surface area contributed by atoms with Crippen LogP contribution in [0.25, 0.3) is 0 Å². The molecule has 4 N–H and O–H groups in total. The van der Waals surface area contributed by atoms with Crippen molar-refractivity contribution >= 4 is 0 Å². The SMILES string of the molecule is COc1ccc(OC)c(C(CN)NCCCCO)c1. The molecule has 0 heterocycles. The molecule has 0 saturated carbocycles. The number of nitrogens with two attached hydrogens (primary N) is 1. The first kappa shape index (κ1) is 15.8. The van der Waals surface area contributed by atoms with Crippen LogP contribution in [0.2, 0.25) is 0 Å². The average molecular weight is 268 g/mol. The van der Waals surface area contributed by atoms with Gasteiger partial charge in [0.1, 0.15) is 11.5 Å². The van der Waals surface area contributed by atoms with Crippen molar-refractivity contribution in [2.24, 2.45) is 5.73 Å². The van der Waals surface area contributed by atoms with Crippen LogP contribution in [-0.4, -0.2) is 39.0 Å². The molecule has 0 fully saturated rings. The quantitative estimate of drug-likeness (QED) is 0.584. The van der Waals surface area contributed by atoms with E-state index in [-0.39, 0.29) is 12.6 Å². The van der Waals surface area contributed by atoms with E-state index in [1.54, 1.807) is 14.2 Å². The summed E-state index contributed by atoms with van der Waals surface area (Å²) in [4.78, 5) is 0. The number of benzene rings is 1. The zero-order chi connectivity index (χ0) is 14.1. The largest absolute Gasteiger partial charge is 0.497 e. The minimum absolute atomic E-state index is 0.0174. The highest BCUT2D eigenvalue weighted by Crippen LogP contribution is 2.28. The summed E-state index contributed by atoms with van der Waals surface area (Å²) in [6.45, 7) is 1.50. The second kappa shape index (κ2) is 8.74. The number of nitrogens with one attached hydrogen (secondary N) is 1. The first-order valence-electron chi connectivity index (χ1n) is 6.53. The molecule has 0 aromatic heterocycles. The van der Waals surface area contributed by atoms with Gasteiger partial charge in [-0.15, -0.1) is 0 Å². The Morgan fingerprint density at radius 3 is 2.63 bits per heavy atom. The summed E-state index contributed by atoms with van der Waals surface area (Å²) < 4.78 is 10.6. The number of methoxy groups -OCH3 is 2. The Morgan fingerprint density at radius 1 is 1.26 bits per heavy atom. The molecule has 1 aromatic rings. The normalized spacial score (nSPS) is 12.2. The van der Waals surface area contributed by atoms with Gasteiger partial charge in [0.05, 0.1) is 14.2 Å². The minimum atomic E-state index is 0.0174. The van der Waals surface area contributed by atoms with Crippen LogP contribution in [0.5, 0.6) is 11.5 Å². The van der Waals surface area contributed by atoms with E-state index in [1.165, 1.54) is 0 Å². The third-order valence-corrected chi connectivity index (χ3v) is 3.02. The number of aliphatic hydroxyl groups excluding tert-OH is 1. The van der Waals surface area contributed by atoms with Crippen molar-refractivity contribution in [2.75, 3.05) is 33.9 Å². The van der Waals surface area contributed by atoms with Gasteiger partial charge in [-0.3, -0.25) is 0 Å². The maximum atomic E-state index is 8.77. The predicted octanol–water partition coefficient (Wildman–Crippen LogP) is 1.07. The smallest absolute Gasteiger partial charge is 0.123 e. The fourth-order valence-electron chi connectivity index (χ4n) is 1.95. The molecule has 0 aliphatic carbocycles. The number of hydrogen-bond donors (Lipinski definition) is 3. The van der Waals surface area contributed by atoms with Crippen LogP contribution < -0.4 is 20.5 Å². The zero-order valence-electron chi connectivity index (χ0n) is 11.7. The van der Waals surface area contributed by atoms with Crippen LogP contribution >= 0.6 is 0 Å². The Bertz CT molecular complexity index is 372. The van der Waals surface area contributed by atoms with Crippen LogP contribution in [0.1, 0.15) is 24.4 Å². The molecule has 0 radical (unpaired) electrons. The van der Waals surface area contributed by atoms with Crippen molar-refractivity contribution in [1.82, 2.24) is 5.32 Å². The molecule has 1 rings (SSSR count). The van der Waals surface area contributed by atoms with E-state index in [1.807, 2.05) is 18.2 Å². The summed E-state index contributed by atoms with van der Waals surface area (Å²) in [7, 11) is 3.28. The highest BCUT2D eigenvalue weighted by molar-refractivity contribution is 5.42. The van der Waals surface area contributed by atoms with Crippen LogP contribution in [0, 0.1) is 0 Å². The Hall–Kier alpha value is -1.30. The standard InChI is InChI=1S/C14H24N2O3/c1-18-11-5-6-14(19-2)12(9-11)13(10-15)16-7-3-4-8-17/h5-6,9,13,16-17H,3-4,7-8,10,15H2,1-2H3. The second-order valence-corrected chi connectivity index (χ2v) is 4.28. The Balaban J connectivity index is 2.77. The maximum absolute atomic E-state index is 8.77. The Kier molecular flexibility index (Phi) is 7.25. The predicted molar refractivity (Wildman–Crippen MR) is 75.7 cm³/mol. The number of rotatable bonds is 9. The Morgan fingerprint density at radius 2 is 2.05 bits per heavy atom. The Labute approximate surface area is 114 Å². The molecule has 0 aliphatic rings. The summed E-state index contributed by atoms with van der Waals surface area (Å²) >= 11 is 0. The van der Waals surface area contributed by atoms with Crippen molar-refractivity contribution in [1.29, 1.82) is 0 Å². The van der Waals surface area contributed by atoms with Gasteiger partial charge in [-0.1, -0.05) is 0 Å². The number of aliphatic hydroxyl groups is 1. The van der Waals surface area contributed by atoms with Gasteiger partial charge in [-0.25, -0.2) is 0 Å². The number of ether oxygens (including phenoxy) is 2. The van der Waals surface area contributed by atoms with Gasteiger partial charge in [0, 0.05) is 24.8 Å². The molecule has 0 aliphatic heterocycles. The molecule has 108 valence electrons. The topological polar surface area (TPSA) is 76.7 Å². The van der Waals surface area contributed by atoms with E-state index in [4.69, 9.17) is 20.3 Å². The molecule has 0 amide bonds. The van der Waals surface area contributed by atoms with Gasteiger partial charge in [0.25, 0.3) is 0 Å². The summed E-state index contributed by atoms with van der Waals surface area (Å²) in [6, 6.07) is 5.70. The minimum Gasteiger partial charge on any atom is -0.497 e. The zero-order valence-corrected chi connectivity index (χ0v) is 11.7. The van der Waals surface area contributed by atoms with Gasteiger partial charge in [0.15, 0.2) is 0 Å². The van der Waals surface area contributed by atoms with E-state index in [0.717, 1.165) is 36.4 Å². The van der Waals surface area contributed by atoms with Gasteiger partial charge in [-0.05, 0) is 37.6 Å². The van der Waals surface area contributed by atoms with Crippen molar-refractivity contribution in [3.63, 3.8) is 0 Å². The molecule has 1 aromatic carbocycles. The molecular formula is C14H24N2O3. The summed E-state index contributed by atoms with van der Waals surface area (Å²) in [6.07, 6.45) is 1.71. The molecule has 0 bridgehead atoms. The maximum Gasteiger partial charge on any atom is 0.123 e. The van der Waals surface area contributed by atoms with Crippen LogP contribution in [0.4, 0.5) is 0 Å². The van der Waals surface area contributed by atoms with E-state index in [2.05, 4.69) is 5.32 Å². The first-order valence-corrected chi connectivity index (χ1v) is 6.53.